The second-order valence-corrected chi connectivity index (χ2v) is 4.67. The van der Waals surface area contributed by atoms with E-state index in [1.807, 2.05) is 0 Å². The lowest BCUT2D eigenvalue weighted by Crippen LogP contribution is -2.31. The van der Waals surface area contributed by atoms with Gasteiger partial charge in [-0.3, -0.25) is 0 Å². The Balaban J connectivity index is 4.02. The van der Waals surface area contributed by atoms with Gasteiger partial charge in [0.2, 0.25) is 0 Å². The maximum atomic E-state index is 11.6. The molecule has 0 aliphatic carbocycles. The van der Waals surface area contributed by atoms with Gasteiger partial charge in [-0.2, -0.15) is 13.2 Å². The Labute approximate surface area is 59.6 Å². The van der Waals surface area contributed by atoms with Crippen LogP contribution in [-0.2, 0) is 0 Å². The molecule has 0 amide bonds. The summed E-state index contributed by atoms with van der Waals surface area (Å²) in [4.78, 5) is 0. The highest BCUT2D eigenvalue weighted by Crippen LogP contribution is 2.36. The molecule has 0 radical (unpaired) electrons. The Bertz CT molecular complexity index is 66.3. The fraction of sp³-hybridized carbons (Fsp3) is 1.00. The molecule has 0 aromatic carbocycles. The average Bonchev–Trinajstić information content (AvgIpc) is 1.25. The van der Waals surface area contributed by atoms with E-state index in [0.717, 1.165) is 13.8 Å². The first kappa shape index (κ1) is 8.52. The van der Waals surface area contributed by atoms with Crippen molar-refractivity contribution in [1.82, 2.24) is 0 Å². The van der Waals surface area contributed by atoms with E-state index < -0.39 is 9.60 Å². The molecule has 8 heavy (non-hydrogen) atoms. The first-order valence-corrected chi connectivity index (χ1v) is 3.08. The van der Waals surface area contributed by atoms with Crippen molar-refractivity contribution in [3.63, 3.8) is 0 Å². The Morgan fingerprint density at radius 1 is 1.12 bits per heavy atom. The number of hydrogen-bond acceptors (Lipinski definition) is 0. The minimum absolute atomic E-state index is 1.13. The maximum absolute atomic E-state index is 11.6. The summed E-state index contributed by atoms with van der Waals surface area (Å²) in [6.45, 7) is 2.26. The summed E-state index contributed by atoms with van der Waals surface area (Å²) >= 11 is 1.36. The van der Waals surface area contributed by atoms with Crippen LogP contribution < -0.4 is 0 Å². The van der Waals surface area contributed by atoms with E-state index in [1.54, 1.807) is 0 Å². The van der Waals surface area contributed by atoms with E-state index in [0.29, 0.717) is 0 Å². The van der Waals surface area contributed by atoms with Gasteiger partial charge in [0.1, 0.15) is 3.42 Å². The highest BCUT2D eigenvalue weighted by Gasteiger charge is 2.44. The third-order valence-corrected chi connectivity index (χ3v) is 1.29. The Morgan fingerprint density at radius 3 is 1.25 bits per heavy atom. The summed E-state index contributed by atoms with van der Waals surface area (Å²) < 4.78 is 33.1. The molecule has 0 rings (SSSR count). The Kier molecular flexibility index (Phi) is 2.17. The Morgan fingerprint density at radius 2 is 1.25 bits per heavy atom. The van der Waals surface area contributed by atoms with Gasteiger partial charge in [-0.1, -0.05) is 22.6 Å². The quantitative estimate of drug-likeness (QED) is 0.449. The smallest absolute Gasteiger partial charge is 0.170 e. The van der Waals surface area contributed by atoms with Gasteiger partial charge in [0.05, 0.1) is 0 Å². The summed E-state index contributed by atoms with van der Waals surface area (Å²) in [7, 11) is 0. The fourth-order valence-electron chi connectivity index (χ4n) is 0. The normalized spacial score (nSPS) is 14.2. The molecule has 0 nitrogen and oxygen atoms in total. The molecule has 0 saturated carbocycles. The summed E-state index contributed by atoms with van der Waals surface area (Å²) in [5.41, 5.74) is 0. The van der Waals surface area contributed by atoms with Crippen LogP contribution in [0, 0.1) is 0 Å². The second-order valence-electron chi connectivity index (χ2n) is 1.97. The fourth-order valence-corrected chi connectivity index (χ4v) is 0. The molecule has 0 saturated heterocycles. The zero-order valence-corrected chi connectivity index (χ0v) is 6.67. The van der Waals surface area contributed by atoms with Crippen molar-refractivity contribution >= 4 is 22.6 Å². The number of alkyl halides is 4. The van der Waals surface area contributed by atoms with Crippen LogP contribution in [0.3, 0.4) is 0 Å². The van der Waals surface area contributed by atoms with Crippen LogP contribution in [0.4, 0.5) is 13.2 Å². The lowest BCUT2D eigenvalue weighted by Gasteiger charge is -2.19. The van der Waals surface area contributed by atoms with Crippen LogP contribution in [0.2, 0.25) is 0 Å². The van der Waals surface area contributed by atoms with Crippen LogP contribution in [0.25, 0.3) is 0 Å². The van der Waals surface area contributed by atoms with Gasteiger partial charge < -0.3 is 0 Å². The van der Waals surface area contributed by atoms with Crippen LogP contribution in [-0.4, -0.2) is 9.60 Å². The monoisotopic (exact) mass is 238 g/mol. The second kappa shape index (κ2) is 2.04. The lowest BCUT2D eigenvalue weighted by molar-refractivity contribution is -0.145. The first-order valence-electron chi connectivity index (χ1n) is 2.01. The highest BCUT2D eigenvalue weighted by atomic mass is 127. The van der Waals surface area contributed by atoms with E-state index in [1.165, 1.54) is 22.6 Å². The highest BCUT2D eigenvalue weighted by molar-refractivity contribution is 14.1. The Hall–Kier alpha value is 0.520. The molecule has 0 N–H and O–H groups in total. The van der Waals surface area contributed by atoms with Crippen LogP contribution >= 0.6 is 22.6 Å². The van der Waals surface area contributed by atoms with Crippen LogP contribution in [0.1, 0.15) is 13.8 Å². The molecule has 4 heteroatoms. The topological polar surface area (TPSA) is 0 Å². The van der Waals surface area contributed by atoms with E-state index in [4.69, 9.17) is 0 Å². The zero-order valence-electron chi connectivity index (χ0n) is 4.51. The van der Waals surface area contributed by atoms with Gasteiger partial charge in [-0.05, 0) is 13.8 Å². The SMILES string of the molecule is CC(C)(I)C(F)(F)F. The predicted octanol–water partition coefficient (Wildman–Crippen LogP) is 2.76. The summed E-state index contributed by atoms with van der Waals surface area (Å²) in [6.07, 6.45) is -4.08. The standard InChI is InChI=1S/C4H6F3I/c1-3(2,8)4(5,6)7/h1-2H3. The minimum atomic E-state index is -4.08. The molecule has 0 fully saturated rings. The number of halogens is 4. The van der Waals surface area contributed by atoms with Gasteiger partial charge in [0.25, 0.3) is 0 Å². The third kappa shape index (κ3) is 2.19. The molecule has 0 aromatic heterocycles. The van der Waals surface area contributed by atoms with Gasteiger partial charge in [0.15, 0.2) is 0 Å². The predicted molar refractivity (Wildman–Crippen MR) is 34.2 cm³/mol. The zero-order chi connectivity index (χ0) is 7.00. The largest absolute Gasteiger partial charge is 0.402 e. The molecule has 0 spiro atoms. The van der Waals surface area contributed by atoms with Gasteiger partial charge >= 0.3 is 6.18 Å². The summed E-state index contributed by atoms with van der Waals surface area (Å²) in [6, 6.07) is 0. The molecular weight excluding hydrogens is 232 g/mol. The first-order chi connectivity index (χ1) is 3.25. The van der Waals surface area contributed by atoms with Crippen LogP contribution in [0.15, 0.2) is 0 Å². The van der Waals surface area contributed by atoms with E-state index in [9.17, 15) is 13.2 Å². The summed E-state index contributed by atoms with van der Waals surface area (Å²) in [5, 5.41) is 0. The molecule has 50 valence electrons. The minimum Gasteiger partial charge on any atom is -0.170 e. The molecule has 0 heterocycles. The van der Waals surface area contributed by atoms with Crippen molar-refractivity contribution in [2.24, 2.45) is 0 Å². The molecular formula is C4H6F3I. The van der Waals surface area contributed by atoms with E-state index in [2.05, 4.69) is 0 Å². The van der Waals surface area contributed by atoms with Gasteiger partial charge in [-0.15, -0.1) is 0 Å². The molecule has 0 aliphatic heterocycles. The maximum Gasteiger partial charge on any atom is 0.402 e. The number of rotatable bonds is 0. The van der Waals surface area contributed by atoms with Gasteiger partial charge in [0, 0.05) is 0 Å². The average molecular weight is 238 g/mol. The molecule has 0 aromatic rings. The number of hydrogen-bond donors (Lipinski definition) is 0. The molecule has 0 unspecified atom stereocenters. The van der Waals surface area contributed by atoms with Crippen molar-refractivity contribution in [2.75, 3.05) is 0 Å². The van der Waals surface area contributed by atoms with Crippen molar-refractivity contribution < 1.29 is 13.2 Å². The third-order valence-electron chi connectivity index (χ3n) is 0.674. The van der Waals surface area contributed by atoms with Crippen LogP contribution in [0.5, 0.6) is 0 Å². The molecule has 0 bridgehead atoms. The lowest BCUT2D eigenvalue weighted by atomic mass is 10.2. The van der Waals surface area contributed by atoms with Crippen molar-refractivity contribution in [3.05, 3.63) is 0 Å². The van der Waals surface area contributed by atoms with E-state index >= 15 is 0 Å². The van der Waals surface area contributed by atoms with E-state index in [-0.39, 0.29) is 0 Å². The van der Waals surface area contributed by atoms with Gasteiger partial charge in [-0.25, -0.2) is 0 Å². The molecule has 0 atom stereocenters. The van der Waals surface area contributed by atoms with Crippen molar-refractivity contribution in [1.29, 1.82) is 0 Å². The molecule has 0 aliphatic rings. The summed E-state index contributed by atoms with van der Waals surface area (Å²) in [5.74, 6) is 0. The van der Waals surface area contributed by atoms with Crippen molar-refractivity contribution in [3.8, 4) is 0 Å². The van der Waals surface area contributed by atoms with Crippen molar-refractivity contribution in [2.45, 2.75) is 23.4 Å².